The maximum Gasteiger partial charge on any atom is 0.119 e. The van der Waals surface area contributed by atoms with Gasteiger partial charge in [-0.1, -0.05) is 12.2 Å². The Morgan fingerprint density at radius 2 is 2.10 bits per heavy atom. The average Bonchev–Trinajstić information content (AvgIpc) is 2.88. The Labute approximate surface area is 126 Å². The molecule has 0 aromatic heterocycles. The summed E-state index contributed by atoms with van der Waals surface area (Å²) in [5.41, 5.74) is 6.44. The van der Waals surface area contributed by atoms with Crippen molar-refractivity contribution in [3.05, 3.63) is 29.8 Å². The molecule has 20 heavy (non-hydrogen) atoms. The van der Waals surface area contributed by atoms with Crippen molar-refractivity contribution in [3.8, 4) is 5.75 Å². The van der Waals surface area contributed by atoms with Gasteiger partial charge in [0.25, 0.3) is 0 Å². The smallest absolute Gasteiger partial charge is 0.119 e. The zero-order valence-electron chi connectivity index (χ0n) is 12.2. The third-order valence-electron chi connectivity index (χ3n) is 3.79. The molecule has 110 valence electrons. The normalized spacial score (nSPS) is 19.4. The fourth-order valence-corrected chi connectivity index (χ4v) is 2.58. The van der Waals surface area contributed by atoms with E-state index in [0.717, 1.165) is 30.9 Å². The summed E-state index contributed by atoms with van der Waals surface area (Å²) < 4.78 is 5.76. The second-order valence-corrected chi connectivity index (χ2v) is 5.88. The van der Waals surface area contributed by atoms with Crippen LogP contribution < -0.4 is 10.5 Å². The molecule has 0 amide bonds. The molecule has 1 fully saturated rings. The van der Waals surface area contributed by atoms with E-state index in [1.165, 1.54) is 6.42 Å². The van der Waals surface area contributed by atoms with Crippen LogP contribution in [-0.2, 0) is 0 Å². The number of likely N-dealkylation sites (N-methyl/N-ethyl adjacent to an activating group) is 1. The highest BCUT2D eigenvalue weighted by molar-refractivity contribution is 7.80. The van der Waals surface area contributed by atoms with Gasteiger partial charge >= 0.3 is 0 Å². The number of hydrogen-bond acceptors (Lipinski definition) is 4. The third-order valence-corrected chi connectivity index (χ3v) is 4.03. The van der Waals surface area contributed by atoms with Crippen LogP contribution in [0.4, 0.5) is 0 Å². The van der Waals surface area contributed by atoms with Crippen LogP contribution in [0.1, 0.15) is 12.0 Å². The van der Waals surface area contributed by atoms with Crippen LogP contribution in [0.2, 0.25) is 0 Å². The predicted octanol–water partition coefficient (Wildman–Crippen LogP) is 1.34. The maximum absolute atomic E-state index is 5.76. The fourth-order valence-electron chi connectivity index (χ4n) is 2.44. The summed E-state index contributed by atoms with van der Waals surface area (Å²) in [4.78, 5) is 5.17. The number of thiocarbonyl (C=S) groups is 1. The topological polar surface area (TPSA) is 41.7 Å². The van der Waals surface area contributed by atoms with Gasteiger partial charge in [0, 0.05) is 24.7 Å². The first-order chi connectivity index (χ1) is 9.56. The van der Waals surface area contributed by atoms with E-state index < -0.39 is 0 Å². The van der Waals surface area contributed by atoms with E-state index in [-0.39, 0.29) is 0 Å². The monoisotopic (exact) mass is 293 g/mol. The van der Waals surface area contributed by atoms with Gasteiger partial charge in [0.1, 0.15) is 17.3 Å². The molecule has 2 N–H and O–H groups in total. The molecule has 5 heteroatoms. The van der Waals surface area contributed by atoms with E-state index in [9.17, 15) is 0 Å². The Bertz CT molecular complexity index is 447. The lowest BCUT2D eigenvalue weighted by molar-refractivity contribution is 0.220. The third kappa shape index (κ3) is 4.16. The van der Waals surface area contributed by atoms with Crippen molar-refractivity contribution in [2.75, 3.05) is 40.3 Å². The van der Waals surface area contributed by atoms with Crippen molar-refractivity contribution >= 4 is 17.2 Å². The largest absolute Gasteiger partial charge is 0.492 e. The van der Waals surface area contributed by atoms with Gasteiger partial charge in [0.05, 0.1) is 0 Å². The van der Waals surface area contributed by atoms with Crippen LogP contribution in [-0.4, -0.2) is 61.2 Å². The number of hydrogen-bond donors (Lipinski definition) is 1. The first-order valence-corrected chi connectivity index (χ1v) is 7.38. The van der Waals surface area contributed by atoms with Gasteiger partial charge in [-0.05, 0) is 51.3 Å². The molecule has 1 aliphatic heterocycles. The lowest BCUT2D eigenvalue weighted by atomic mass is 10.2. The van der Waals surface area contributed by atoms with Gasteiger partial charge in [0.15, 0.2) is 0 Å². The van der Waals surface area contributed by atoms with Gasteiger partial charge in [-0.25, -0.2) is 0 Å². The van der Waals surface area contributed by atoms with Crippen LogP contribution in [0, 0.1) is 0 Å². The summed E-state index contributed by atoms with van der Waals surface area (Å²) in [5, 5.41) is 0. The molecular formula is C15H23N3OS. The summed E-state index contributed by atoms with van der Waals surface area (Å²) in [5.74, 6) is 0.869. The zero-order chi connectivity index (χ0) is 14.5. The van der Waals surface area contributed by atoms with Crippen LogP contribution in [0.5, 0.6) is 5.75 Å². The molecule has 0 saturated carbocycles. The van der Waals surface area contributed by atoms with Crippen molar-refractivity contribution in [1.29, 1.82) is 0 Å². The highest BCUT2D eigenvalue weighted by atomic mass is 32.1. The quantitative estimate of drug-likeness (QED) is 0.802. The molecule has 0 spiro atoms. The highest BCUT2D eigenvalue weighted by Gasteiger charge is 2.23. The molecule has 1 aromatic rings. The molecule has 0 radical (unpaired) electrons. The number of benzene rings is 1. The molecule has 2 rings (SSSR count). The first kappa shape index (κ1) is 15.2. The summed E-state index contributed by atoms with van der Waals surface area (Å²) >= 11 is 4.92. The number of ether oxygens (including phenoxy) is 1. The summed E-state index contributed by atoms with van der Waals surface area (Å²) in [7, 11) is 4.29. The minimum Gasteiger partial charge on any atom is -0.492 e. The Balaban J connectivity index is 1.72. The highest BCUT2D eigenvalue weighted by Crippen LogP contribution is 2.14. The van der Waals surface area contributed by atoms with E-state index in [4.69, 9.17) is 22.7 Å². The van der Waals surface area contributed by atoms with E-state index in [1.807, 2.05) is 24.3 Å². The minimum absolute atomic E-state index is 0.420. The van der Waals surface area contributed by atoms with Gasteiger partial charge in [-0.15, -0.1) is 0 Å². The first-order valence-electron chi connectivity index (χ1n) is 6.97. The molecule has 1 heterocycles. The minimum atomic E-state index is 0.420. The van der Waals surface area contributed by atoms with E-state index in [0.29, 0.717) is 17.6 Å². The molecule has 1 unspecified atom stereocenters. The van der Waals surface area contributed by atoms with Crippen molar-refractivity contribution < 1.29 is 4.74 Å². The number of likely N-dealkylation sites (tertiary alicyclic amines) is 1. The summed E-state index contributed by atoms with van der Waals surface area (Å²) in [6.45, 7) is 3.98. The molecule has 0 aliphatic carbocycles. The number of rotatable bonds is 6. The maximum atomic E-state index is 5.76. The second-order valence-electron chi connectivity index (χ2n) is 5.44. The molecule has 1 aromatic carbocycles. The number of nitrogens with zero attached hydrogens (tertiary/aromatic N) is 2. The van der Waals surface area contributed by atoms with Crippen molar-refractivity contribution in [2.45, 2.75) is 12.5 Å². The van der Waals surface area contributed by atoms with Crippen molar-refractivity contribution in [2.24, 2.45) is 5.73 Å². The predicted molar refractivity (Wildman–Crippen MR) is 86.4 cm³/mol. The van der Waals surface area contributed by atoms with Crippen LogP contribution in [0.3, 0.4) is 0 Å². The van der Waals surface area contributed by atoms with Crippen LogP contribution in [0.15, 0.2) is 24.3 Å². The van der Waals surface area contributed by atoms with Gasteiger partial charge in [-0.3, -0.25) is 4.90 Å². The van der Waals surface area contributed by atoms with Crippen molar-refractivity contribution in [1.82, 2.24) is 9.80 Å². The average molecular weight is 293 g/mol. The summed E-state index contributed by atoms with van der Waals surface area (Å²) in [6, 6.07) is 8.31. The Hall–Kier alpha value is -1.17. The molecule has 1 saturated heterocycles. The van der Waals surface area contributed by atoms with Crippen molar-refractivity contribution in [3.63, 3.8) is 0 Å². The SMILES string of the molecule is CN(C)C1CCN(CCOc2ccc(C(N)=S)cc2)C1. The second kappa shape index (κ2) is 7.02. The van der Waals surface area contributed by atoms with Gasteiger partial charge < -0.3 is 15.4 Å². The molecular weight excluding hydrogens is 270 g/mol. The Morgan fingerprint density at radius 3 is 2.65 bits per heavy atom. The molecule has 4 nitrogen and oxygen atoms in total. The van der Waals surface area contributed by atoms with Gasteiger partial charge in [-0.2, -0.15) is 0 Å². The zero-order valence-corrected chi connectivity index (χ0v) is 13.0. The molecule has 1 atom stereocenters. The lowest BCUT2D eigenvalue weighted by Crippen LogP contribution is -2.33. The van der Waals surface area contributed by atoms with Crippen LogP contribution in [0.25, 0.3) is 0 Å². The Morgan fingerprint density at radius 1 is 1.40 bits per heavy atom. The standard InChI is InChI=1S/C15H23N3OS/c1-17(2)13-7-8-18(11-13)9-10-19-14-5-3-12(4-6-14)15(16)20/h3-6,13H,7-11H2,1-2H3,(H2,16,20). The number of nitrogens with two attached hydrogens (primary N) is 1. The Kier molecular flexibility index (Phi) is 5.34. The van der Waals surface area contributed by atoms with E-state index >= 15 is 0 Å². The fraction of sp³-hybridized carbons (Fsp3) is 0.533. The molecule has 1 aliphatic rings. The molecule has 0 bridgehead atoms. The van der Waals surface area contributed by atoms with Crippen LogP contribution >= 0.6 is 12.2 Å². The van der Waals surface area contributed by atoms with E-state index in [2.05, 4.69) is 23.9 Å². The summed E-state index contributed by atoms with van der Waals surface area (Å²) in [6.07, 6.45) is 1.25. The van der Waals surface area contributed by atoms with E-state index in [1.54, 1.807) is 0 Å². The van der Waals surface area contributed by atoms with Gasteiger partial charge in [0.2, 0.25) is 0 Å². The lowest BCUT2D eigenvalue weighted by Gasteiger charge is -2.20.